The first-order valence-electron chi connectivity index (χ1n) is 10.4. The summed E-state index contributed by atoms with van der Waals surface area (Å²) in [5, 5.41) is 5.41. The van der Waals surface area contributed by atoms with Crippen LogP contribution < -0.4 is 15.4 Å². The van der Waals surface area contributed by atoms with Crippen molar-refractivity contribution in [3.8, 4) is 5.75 Å². The second kappa shape index (κ2) is 9.20. The lowest BCUT2D eigenvalue weighted by Gasteiger charge is -2.47. The Bertz CT molecular complexity index is 978. The van der Waals surface area contributed by atoms with Crippen molar-refractivity contribution < 1.29 is 32.2 Å². The van der Waals surface area contributed by atoms with Crippen LogP contribution in [0.1, 0.15) is 35.2 Å². The van der Waals surface area contributed by atoms with Crippen molar-refractivity contribution in [3.63, 3.8) is 0 Å². The Kier molecular flexibility index (Phi) is 6.36. The van der Waals surface area contributed by atoms with Crippen LogP contribution in [0.25, 0.3) is 0 Å². The molecular formula is C23H23F3N2O4. The highest BCUT2D eigenvalue weighted by atomic mass is 19.4. The molecule has 2 fully saturated rings. The molecule has 0 bridgehead atoms. The number of alkyl halides is 3. The summed E-state index contributed by atoms with van der Waals surface area (Å²) in [5.74, 6) is -0.0241. The molecule has 2 aromatic carbocycles. The van der Waals surface area contributed by atoms with Gasteiger partial charge < -0.3 is 20.1 Å². The van der Waals surface area contributed by atoms with Crippen LogP contribution in [0.3, 0.4) is 0 Å². The highest BCUT2D eigenvalue weighted by Gasteiger charge is 2.44. The normalized spacial score (nSPS) is 22.3. The first kappa shape index (κ1) is 22.1. The van der Waals surface area contributed by atoms with E-state index in [2.05, 4.69) is 10.6 Å². The van der Waals surface area contributed by atoms with Gasteiger partial charge in [0.25, 0.3) is 11.8 Å². The topological polar surface area (TPSA) is 76.7 Å². The number of hydrogen-bond donors (Lipinski definition) is 2. The maximum Gasteiger partial charge on any atom is 0.416 e. The first-order chi connectivity index (χ1) is 15.3. The molecule has 2 amide bonds. The van der Waals surface area contributed by atoms with Gasteiger partial charge in [-0.2, -0.15) is 13.2 Å². The van der Waals surface area contributed by atoms with Crippen molar-refractivity contribution >= 4 is 17.5 Å². The molecule has 1 heterocycles. The Hall–Kier alpha value is -3.07. The molecule has 0 spiro atoms. The summed E-state index contributed by atoms with van der Waals surface area (Å²) in [7, 11) is 0. The van der Waals surface area contributed by atoms with Crippen molar-refractivity contribution in [2.45, 2.75) is 37.6 Å². The van der Waals surface area contributed by atoms with Crippen LogP contribution in [0.5, 0.6) is 5.75 Å². The number of carbonyl (C=O) groups excluding carboxylic acids is 2. The highest BCUT2D eigenvalue weighted by Crippen LogP contribution is 2.38. The van der Waals surface area contributed by atoms with Crippen LogP contribution in [-0.4, -0.2) is 37.2 Å². The summed E-state index contributed by atoms with van der Waals surface area (Å²) in [6.45, 7) is 0.411. The maximum atomic E-state index is 12.8. The van der Waals surface area contributed by atoms with E-state index in [1.165, 1.54) is 12.1 Å². The molecule has 170 valence electrons. The van der Waals surface area contributed by atoms with E-state index in [0.717, 1.165) is 38.0 Å². The quantitative estimate of drug-likeness (QED) is 0.700. The van der Waals surface area contributed by atoms with Gasteiger partial charge in [-0.15, -0.1) is 0 Å². The molecule has 0 aromatic heterocycles. The Balaban J connectivity index is 1.25. The Morgan fingerprint density at radius 1 is 1.12 bits per heavy atom. The largest absolute Gasteiger partial charge is 0.484 e. The van der Waals surface area contributed by atoms with Crippen LogP contribution in [0.15, 0.2) is 48.5 Å². The standard InChI is InChI=1S/C23H23F3N2O4/c24-23(25,26)15-3-1-4-16(11-15)27-21(29)13-32-17-8-6-14(7-9-17)22(30)28-19-12-20-18(19)5-2-10-31-20/h1,3-4,6-9,11,18-20H,2,5,10,12-13H2,(H,27,29)(H,28,30)/t18-,19-,20-/m1/s1. The number of hydrogen-bond acceptors (Lipinski definition) is 4. The molecule has 0 unspecified atom stereocenters. The molecule has 2 aliphatic rings. The average molecular weight is 448 g/mol. The maximum absolute atomic E-state index is 12.8. The van der Waals surface area contributed by atoms with E-state index in [0.29, 0.717) is 17.2 Å². The van der Waals surface area contributed by atoms with Gasteiger partial charge >= 0.3 is 6.18 Å². The second-order valence-corrected chi connectivity index (χ2v) is 7.97. The zero-order valence-corrected chi connectivity index (χ0v) is 17.2. The molecule has 2 N–H and O–H groups in total. The molecule has 1 saturated carbocycles. The Labute approximate surface area is 183 Å². The summed E-state index contributed by atoms with van der Waals surface area (Å²) in [6.07, 6.45) is -1.33. The number of benzene rings is 2. The lowest BCUT2D eigenvalue weighted by molar-refractivity contribution is -0.137. The SMILES string of the molecule is O=C(COc1ccc(C(=O)N[C@@H]2C[C@H]3OCCC[C@H]23)cc1)Nc1cccc(C(F)(F)F)c1. The predicted octanol–water partition coefficient (Wildman–Crippen LogP) is 4.02. The van der Waals surface area contributed by atoms with Crippen LogP contribution in [0.2, 0.25) is 0 Å². The fraction of sp³-hybridized carbons (Fsp3) is 0.391. The third-order valence-electron chi connectivity index (χ3n) is 5.77. The van der Waals surface area contributed by atoms with Crippen LogP contribution in [0.4, 0.5) is 18.9 Å². The number of fused-ring (bicyclic) bond motifs is 1. The molecule has 2 aromatic rings. The third kappa shape index (κ3) is 5.21. The summed E-state index contributed by atoms with van der Waals surface area (Å²) in [4.78, 5) is 24.5. The molecule has 1 aliphatic carbocycles. The van der Waals surface area contributed by atoms with Crippen LogP contribution in [-0.2, 0) is 15.7 Å². The van der Waals surface area contributed by atoms with Crippen molar-refractivity contribution in [3.05, 3.63) is 59.7 Å². The van der Waals surface area contributed by atoms with Crippen molar-refractivity contribution in [2.75, 3.05) is 18.5 Å². The van der Waals surface area contributed by atoms with Crippen LogP contribution >= 0.6 is 0 Å². The molecule has 6 nitrogen and oxygen atoms in total. The number of carbonyl (C=O) groups is 2. The zero-order chi connectivity index (χ0) is 22.7. The van der Waals surface area contributed by atoms with E-state index in [1.807, 2.05) is 0 Å². The minimum Gasteiger partial charge on any atom is -0.484 e. The molecule has 32 heavy (non-hydrogen) atoms. The third-order valence-corrected chi connectivity index (χ3v) is 5.77. The van der Waals surface area contributed by atoms with E-state index in [1.54, 1.807) is 24.3 Å². The molecule has 3 atom stereocenters. The number of nitrogens with one attached hydrogen (secondary N) is 2. The average Bonchev–Trinajstić information content (AvgIpc) is 2.76. The van der Waals surface area contributed by atoms with Crippen molar-refractivity contribution in [2.24, 2.45) is 5.92 Å². The van der Waals surface area contributed by atoms with E-state index in [4.69, 9.17) is 9.47 Å². The number of ether oxygens (including phenoxy) is 2. The van der Waals surface area contributed by atoms with Gasteiger partial charge in [0.2, 0.25) is 0 Å². The molecule has 1 saturated heterocycles. The summed E-state index contributed by atoms with van der Waals surface area (Å²) in [5.41, 5.74) is -0.341. The fourth-order valence-electron chi connectivity index (χ4n) is 4.04. The minimum atomic E-state index is -4.49. The predicted molar refractivity (Wildman–Crippen MR) is 110 cm³/mol. The number of halogens is 3. The van der Waals surface area contributed by atoms with E-state index < -0.39 is 17.6 Å². The lowest BCUT2D eigenvalue weighted by Crippen LogP contribution is -2.57. The van der Waals surface area contributed by atoms with Gasteiger partial charge in [-0.3, -0.25) is 9.59 Å². The van der Waals surface area contributed by atoms with Gasteiger partial charge in [0.1, 0.15) is 5.75 Å². The van der Waals surface area contributed by atoms with Crippen molar-refractivity contribution in [1.82, 2.24) is 5.32 Å². The van der Waals surface area contributed by atoms with Gasteiger partial charge in [0, 0.05) is 29.8 Å². The van der Waals surface area contributed by atoms with Gasteiger partial charge in [0.05, 0.1) is 11.7 Å². The summed E-state index contributed by atoms with van der Waals surface area (Å²) in [6, 6.07) is 10.8. The van der Waals surface area contributed by atoms with E-state index in [9.17, 15) is 22.8 Å². The lowest BCUT2D eigenvalue weighted by atomic mass is 9.72. The fourth-order valence-corrected chi connectivity index (χ4v) is 4.04. The molecule has 9 heteroatoms. The van der Waals surface area contributed by atoms with Crippen molar-refractivity contribution in [1.29, 1.82) is 0 Å². The Morgan fingerprint density at radius 3 is 2.62 bits per heavy atom. The molecule has 0 radical (unpaired) electrons. The minimum absolute atomic E-state index is 0.0297. The summed E-state index contributed by atoms with van der Waals surface area (Å²) >= 11 is 0. The molecular weight excluding hydrogens is 425 g/mol. The smallest absolute Gasteiger partial charge is 0.416 e. The molecule has 4 rings (SSSR count). The Morgan fingerprint density at radius 2 is 1.91 bits per heavy atom. The second-order valence-electron chi connectivity index (χ2n) is 7.97. The van der Waals surface area contributed by atoms with E-state index >= 15 is 0 Å². The first-order valence-corrected chi connectivity index (χ1v) is 10.4. The monoisotopic (exact) mass is 448 g/mol. The van der Waals surface area contributed by atoms with Gasteiger partial charge in [-0.25, -0.2) is 0 Å². The highest BCUT2D eigenvalue weighted by molar-refractivity contribution is 5.94. The summed E-state index contributed by atoms with van der Waals surface area (Å²) < 4.78 is 49.3. The van der Waals surface area contributed by atoms with Gasteiger partial charge in [-0.05, 0) is 61.7 Å². The van der Waals surface area contributed by atoms with Gasteiger partial charge in [0.15, 0.2) is 6.61 Å². The van der Waals surface area contributed by atoms with E-state index in [-0.39, 0.29) is 30.3 Å². The van der Waals surface area contributed by atoms with Gasteiger partial charge in [-0.1, -0.05) is 6.07 Å². The molecule has 1 aliphatic heterocycles. The zero-order valence-electron chi connectivity index (χ0n) is 17.2. The van der Waals surface area contributed by atoms with Crippen LogP contribution in [0, 0.1) is 5.92 Å². The number of rotatable bonds is 6. The number of anilines is 1. The number of amides is 2.